The van der Waals surface area contributed by atoms with Gasteiger partial charge >= 0.3 is 0 Å². The number of halogens is 2. The maximum atomic E-state index is 14.2. The maximum absolute atomic E-state index is 14.2. The van der Waals surface area contributed by atoms with E-state index in [1.807, 2.05) is 36.1 Å². The van der Waals surface area contributed by atoms with Gasteiger partial charge in [0.15, 0.2) is 0 Å². The van der Waals surface area contributed by atoms with Crippen LogP contribution in [-0.4, -0.2) is 16.4 Å². The van der Waals surface area contributed by atoms with Gasteiger partial charge in [-0.05, 0) is 62.6 Å². The number of amides is 1. The smallest absolute Gasteiger partial charge is 0.270 e. The minimum Gasteiger partial charge on any atom is -0.302 e. The van der Waals surface area contributed by atoms with Crippen LogP contribution in [0.3, 0.4) is 0 Å². The number of carbonyl (C=O) groups is 1. The Morgan fingerprint density at radius 2 is 1.72 bits per heavy atom. The van der Waals surface area contributed by atoms with E-state index in [1.54, 1.807) is 6.07 Å². The Hall–Kier alpha value is -2.93. The molecule has 184 valence electrons. The molecular weight excluding hydrogens is 515 g/mol. The summed E-state index contributed by atoms with van der Waals surface area (Å²) >= 11 is 14.1. The summed E-state index contributed by atoms with van der Waals surface area (Å²) in [6, 6.07) is 18.6. The van der Waals surface area contributed by atoms with Crippen LogP contribution >= 0.6 is 34.5 Å². The molecular formula is C28H24Cl2N2O3S. The summed E-state index contributed by atoms with van der Waals surface area (Å²) in [7, 11) is 0. The van der Waals surface area contributed by atoms with Crippen molar-refractivity contribution < 1.29 is 9.72 Å². The predicted molar refractivity (Wildman–Crippen MR) is 148 cm³/mol. The Morgan fingerprint density at radius 3 is 2.39 bits per heavy atom. The number of carbonyl (C=O) groups excluding carboxylic acids is 1. The van der Waals surface area contributed by atoms with E-state index >= 15 is 0 Å². The molecule has 0 saturated heterocycles. The van der Waals surface area contributed by atoms with Crippen LogP contribution in [0.15, 0.2) is 60.7 Å². The lowest BCUT2D eigenvalue weighted by atomic mass is 9.65. The van der Waals surface area contributed by atoms with Gasteiger partial charge < -0.3 is 4.90 Å². The summed E-state index contributed by atoms with van der Waals surface area (Å²) in [6.07, 6.45) is 0.678. The average molecular weight is 539 g/mol. The van der Waals surface area contributed by atoms with Crippen LogP contribution in [0.2, 0.25) is 10.0 Å². The summed E-state index contributed by atoms with van der Waals surface area (Å²) in [5.41, 5.74) is 3.19. The van der Waals surface area contributed by atoms with Gasteiger partial charge in [-0.2, -0.15) is 0 Å². The van der Waals surface area contributed by atoms with Crippen LogP contribution in [0.5, 0.6) is 0 Å². The molecule has 0 N–H and O–H groups in total. The Kier molecular flexibility index (Phi) is 5.90. The molecule has 3 aromatic carbocycles. The summed E-state index contributed by atoms with van der Waals surface area (Å²) in [5, 5.41) is 12.9. The zero-order valence-corrected chi connectivity index (χ0v) is 22.6. The highest BCUT2D eigenvalue weighted by Gasteiger charge is 2.48. The highest BCUT2D eigenvalue weighted by atomic mass is 35.5. The lowest BCUT2D eigenvalue weighted by Crippen LogP contribution is -2.55. The van der Waals surface area contributed by atoms with Gasteiger partial charge in [0.05, 0.1) is 9.95 Å². The first kappa shape index (κ1) is 24.8. The zero-order chi connectivity index (χ0) is 26.0. The minimum absolute atomic E-state index is 0.0303. The van der Waals surface area contributed by atoms with Crippen molar-refractivity contribution >= 4 is 61.9 Å². The van der Waals surface area contributed by atoms with Crippen molar-refractivity contribution in [2.75, 3.05) is 4.90 Å². The van der Waals surface area contributed by atoms with Crippen molar-refractivity contribution in [2.45, 2.75) is 45.1 Å². The van der Waals surface area contributed by atoms with Gasteiger partial charge in [-0.25, -0.2) is 0 Å². The fraction of sp³-hybridized carbons (Fsp3) is 0.250. The van der Waals surface area contributed by atoms with Gasteiger partial charge in [0.25, 0.3) is 11.6 Å². The van der Waals surface area contributed by atoms with Crippen LogP contribution in [0.4, 0.5) is 11.4 Å². The van der Waals surface area contributed by atoms with E-state index < -0.39 is 10.5 Å². The van der Waals surface area contributed by atoms with Crippen molar-refractivity contribution in [2.24, 2.45) is 0 Å². The van der Waals surface area contributed by atoms with Crippen molar-refractivity contribution in [1.82, 2.24) is 0 Å². The Morgan fingerprint density at radius 1 is 1.03 bits per heavy atom. The minimum atomic E-state index is -0.556. The zero-order valence-electron chi connectivity index (χ0n) is 20.3. The molecule has 0 aliphatic carbocycles. The number of thiophene rings is 1. The molecule has 4 aromatic rings. The molecule has 1 aliphatic rings. The number of rotatable bonds is 3. The van der Waals surface area contributed by atoms with Gasteiger partial charge in [-0.3, -0.25) is 14.9 Å². The topological polar surface area (TPSA) is 63.5 Å². The van der Waals surface area contributed by atoms with Gasteiger partial charge in [-0.15, -0.1) is 11.3 Å². The molecule has 1 amide bonds. The molecule has 0 spiro atoms. The first-order chi connectivity index (χ1) is 16.9. The van der Waals surface area contributed by atoms with E-state index in [1.165, 1.54) is 23.5 Å². The number of nitrogens with zero attached hydrogens (tertiary/aromatic N) is 2. The fourth-order valence-corrected chi connectivity index (χ4v) is 7.12. The normalized spacial score (nSPS) is 18.8. The Labute approximate surface area is 223 Å². The number of hydrogen-bond donors (Lipinski definition) is 0. The summed E-state index contributed by atoms with van der Waals surface area (Å²) in [4.78, 5) is 27.2. The standard InChI is InChI=1S/C28H24Cl2N2O3S/c1-16-5-12-22-21(13-16)28(4,17-6-8-18(29)9-7-17)15-27(2,3)31(22)26(33)25-24(30)20-11-10-19(32(34)35)14-23(20)36-25/h5-14H,15H2,1-4H3/t28-/m0/s1. The summed E-state index contributed by atoms with van der Waals surface area (Å²) < 4.78 is 0.613. The van der Waals surface area contributed by atoms with Crippen LogP contribution in [0.1, 0.15) is 53.6 Å². The van der Waals surface area contributed by atoms with E-state index in [2.05, 4.69) is 39.0 Å². The second-order valence-corrected chi connectivity index (χ2v) is 12.0. The molecule has 5 rings (SSSR count). The van der Waals surface area contributed by atoms with Crippen LogP contribution in [0, 0.1) is 17.0 Å². The number of hydrogen-bond acceptors (Lipinski definition) is 4. The molecule has 36 heavy (non-hydrogen) atoms. The number of anilines is 1. The number of nitro groups is 1. The molecule has 1 atom stereocenters. The summed E-state index contributed by atoms with van der Waals surface area (Å²) in [6.45, 7) is 8.38. The van der Waals surface area contributed by atoms with Gasteiger partial charge in [0, 0.05) is 43.9 Å². The van der Waals surface area contributed by atoms with Gasteiger partial charge in [0.1, 0.15) is 4.88 Å². The van der Waals surface area contributed by atoms with Crippen molar-refractivity contribution in [1.29, 1.82) is 0 Å². The molecule has 1 aromatic heterocycles. The first-order valence-corrected chi connectivity index (χ1v) is 13.1. The van der Waals surface area contributed by atoms with E-state index in [4.69, 9.17) is 23.2 Å². The average Bonchev–Trinajstić information content (AvgIpc) is 3.15. The quantitative estimate of drug-likeness (QED) is 0.194. The molecule has 0 saturated carbocycles. The maximum Gasteiger partial charge on any atom is 0.270 e. The second-order valence-electron chi connectivity index (χ2n) is 10.2. The first-order valence-electron chi connectivity index (χ1n) is 11.5. The molecule has 8 heteroatoms. The molecule has 0 unspecified atom stereocenters. The largest absolute Gasteiger partial charge is 0.302 e. The third-order valence-corrected chi connectivity index (χ3v) is 8.98. The highest BCUT2D eigenvalue weighted by Crippen LogP contribution is 2.52. The Balaban J connectivity index is 1.68. The molecule has 0 fully saturated rings. The molecule has 2 heterocycles. The van der Waals surface area contributed by atoms with E-state index in [-0.39, 0.29) is 17.0 Å². The third kappa shape index (κ3) is 3.88. The van der Waals surface area contributed by atoms with Crippen LogP contribution < -0.4 is 4.90 Å². The van der Waals surface area contributed by atoms with E-state index in [0.29, 0.717) is 31.4 Å². The van der Waals surface area contributed by atoms with E-state index in [9.17, 15) is 14.9 Å². The van der Waals surface area contributed by atoms with E-state index in [0.717, 1.165) is 22.4 Å². The Bertz CT molecular complexity index is 1540. The second kappa shape index (κ2) is 8.58. The lowest BCUT2D eigenvalue weighted by Gasteiger charge is -2.51. The third-order valence-electron chi connectivity index (χ3n) is 7.08. The van der Waals surface area contributed by atoms with Crippen LogP contribution in [-0.2, 0) is 5.41 Å². The SMILES string of the molecule is Cc1ccc2c(c1)[C@](C)(c1ccc(Cl)cc1)CC(C)(C)N2C(=O)c1sc2cc([N+](=O)[O-])ccc2c1Cl. The number of nitro benzene ring substituents is 1. The lowest BCUT2D eigenvalue weighted by molar-refractivity contribution is -0.384. The highest BCUT2D eigenvalue weighted by molar-refractivity contribution is 7.21. The molecule has 5 nitrogen and oxygen atoms in total. The number of benzene rings is 3. The van der Waals surface area contributed by atoms with Crippen molar-refractivity contribution in [3.05, 3.63) is 102 Å². The van der Waals surface area contributed by atoms with Crippen molar-refractivity contribution in [3.63, 3.8) is 0 Å². The monoisotopic (exact) mass is 538 g/mol. The fourth-order valence-electron chi connectivity index (χ4n) is 5.52. The predicted octanol–water partition coefficient (Wildman–Crippen LogP) is 8.56. The van der Waals surface area contributed by atoms with Gasteiger partial charge in [0.2, 0.25) is 0 Å². The molecule has 0 radical (unpaired) electrons. The summed E-state index contributed by atoms with van der Waals surface area (Å²) in [5.74, 6) is -0.211. The number of aryl methyl sites for hydroxylation is 1. The molecule has 1 aliphatic heterocycles. The van der Waals surface area contributed by atoms with Crippen LogP contribution in [0.25, 0.3) is 10.1 Å². The molecule has 0 bridgehead atoms. The number of fused-ring (bicyclic) bond motifs is 2. The van der Waals surface area contributed by atoms with Crippen molar-refractivity contribution in [3.8, 4) is 0 Å². The number of non-ortho nitro benzene ring substituents is 1. The van der Waals surface area contributed by atoms with Gasteiger partial charge in [-0.1, -0.05) is 60.0 Å².